The van der Waals surface area contributed by atoms with Crippen LogP contribution in [0, 0.1) is 29.6 Å². The molecule has 0 aromatic rings. The molecule has 3 rings (SSSR count). The Labute approximate surface area is 190 Å². The summed E-state index contributed by atoms with van der Waals surface area (Å²) in [5, 5.41) is 0. The molecule has 31 heavy (non-hydrogen) atoms. The van der Waals surface area contributed by atoms with Gasteiger partial charge in [-0.25, -0.2) is 0 Å². The van der Waals surface area contributed by atoms with E-state index >= 15 is 0 Å². The van der Waals surface area contributed by atoms with Crippen LogP contribution in [-0.4, -0.2) is 12.7 Å². The molecule has 2 atom stereocenters. The number of rotatable bonds is 11. The summed E-state index contributed by atoms with van der Waals surface area (Å²) >= 11 is 0. The fraction of sp³-hybridized carbons (Fsp3) is 0.929. The lowest BCUT2D eigenvalue weighted by atomic mass is 9.75. The van der Waals surface area contributed by atoms with Gasteiger partial charge in [0.25, 0.3) is 6.08 Å². The summed E-state index contributed by atoms with van der Waals surface area (Å²) in [4.78, 5) is 0. The molecule has 1 heterocycles. The molecule has 180 valence electrons. The highest BCUT2D eigenvalue weighted by molar-refractivity contribution is 4.85. The molecule has 0 N–H and O–H groups in total. The smallest absolute Gasteiger partial charge is 0.266 e. The number of ether oxygens (including phenoxy) is 1. The summed E-state index contributed by atoms with van der Waals surface area (Å²) in [6.07, 6.45) is 23.4. The van der Waals surface area contributed by atoms with E-state index in [4.69, 9.17) is 4.74 Å². The van der Waals surface area contributed by atoms with Gasteiger partial charge >= 0.3 is 0 Å². The topological polar surface area (TPSA) is 9.23 Å². The lowest BCUT2D eigenvalue weighted by Crippen LogP contribution is -2.34. The molecule has 0 spiro atoms. The van der Waals surface area contributed by atoms with E-state index in [0.29, 0.717) is 24.4 Å². The molecule has 0 bridgehead atoms. The van der Waals surface area contributed by atoms with Gasteiger partial charge in [-0.05, 0) is 80.6 Å². The van der Waals surface area contributed by atoms with Crippen molar-refractivity contribution in [1.29, 1.82) is 0 Å². The first kappa shape index (κ1) is 25.2. The van der Waals surface area contributed by atoms with Crippen molar-refractivity contribution in [2.75, 3.05) is 6.61 Å². The van der Waals surface area contributed by atoms with Crippen LogP contribution < -0.4 is 0 Å². The number of allylic oxidation sites excluding steroid dienone is 1. The van der Waals surface area contributed by atoms with Gasteiger partial charge in [0.2, 0.25) is 0 Å². The lowest BCUT2D eigenvalue weighted by molar-refractivity contribution is -0.0599. The van der Waals surface area contributed by atoms with Crippen LogP contribution in [0.2, 0.25) is 0 Å². The van der Waals surface area contributed by atoms with Gasteiger partial charge in [-0.15, -0.1) is 0 Å². The van der Waals surface area contributed by atoms with E-state index in [1.165, 1.54) is 103 Å². The van der Waals surface area contributed by atoms with Crippen LogP contribution in [-0.2, 0) is 4.74 Å². The summed E-state index contributed by atoms with van der Waals surface area (Å²) < 4.78 is 30.7. The Kier molecular flexibility index (Phi) is 11.3. The summed E-state index contributed by atoms with van der Waals surface area (Å²) in [6.45, 7) is 3.31. The van der Waals surface area contributed by atoms with Crippen molar-refractivity contribution in [3.8, 4) is 0 Å². The van der Waals surface area contributed by atoms with Crippen LogP contribution in [0.5, 0.6) is 0 Å². The molecule has 0 aromatic carbocycles. The van der Waals surface area contributed by atoms with Crippen molar-refractivity contribution >= 4 is 0 Å². The molecule has 3 fully saturated rings. The highest BCUT2D eigenvalue weighted by Crippen LogP contribution is 2.38. The second-order valence-corrected chi connectivity index (χ2v) is 11.1. The minimum Gasteiger partial charge on any atom is -0.378 e. The molecule has 1 aliphatic heterocycles. The fourth-order valence-electron chi connectivity index (χ4n) is 6.79. The van der Waals surface area contributed by atoms with Gasteiger partial charge in [0.05, 0.1) is 6.10 Å². The van der Waals surface area contributed by atoms with E-state index in [1.807, 2.05) is 0 Å². The average Bonchev–Trinajstić information content (AvgIpc) is 2.79. The van der Waals surface area contributed by atoms with Crippen LogP contribution in [0.3, 0.4) is 0 Å². The third kappa shape index (κ3) is 9.14. The van der Waals surface area contributed by atoms with Crippen molar-refractivity contribution in [3.63, 3.8) is 0 Å². The van der Waals surface area contributed by atoms with Crippen LogP contribution in [0.1, 0.15) is 122 Å². The van der Waals surface area contributed by atoms with Gasteiger partial charge in [-0.2, -0.15) is 8.78 Å². The van der Waals surface area contributed by atoms with Crippen LogP contribution in [0.25, 0.3) is 0 Å². The molecule has 3 aliphatic rings. The second-order valence-electron chi connectivity index (χ2n) is 11.1. The molecule has 2 unspecified atom stereocenters. The first-order valence-corrected chi connectivity index (χ1v) is 13.8. The SMILES string of the molecule is CCCC1CCC(CCCCC2CCC(C3CCC(CCC=C(F)F)CC3)OC2)CC1. The zero-order chi connectivity index (χ0) is 21.9. The first-order chi connectivity index (χ1) is 15.1. The maximum Gasteiger partial charge on any atom is 0.266 e. The Bertz CT molecular complexity index is 491. The lowest BCUT2D eigenvalue weighted by Gasteiger charge is -2.38. The van der Waals surface area contributed by atoms with E-state index in [0.717, 1.165) is 36.9 Å². The fourth-order valence-corrected chi connectivity index (χ4v) is 6.79. The summed E-state index contributed by atoms with van der Waals surface area (Å²) in [5.74, 6) is 4.20. The van der Waals surface area contributed by atoms with Gasteiger partial charge in [-0.3, -0.25) is 0 Å². The van der Waals surface area contributed by atoms with Gasteiger partial charge in [0.1, 0.15) is 0 Å². The Morgan fingerprint density at radius 3 is 1.84 bits per heavy atom. The molecule has 0 amide bonds. The zero-order valence-electron chi connectivity index (χ0n) is 20.1. The van der Waals surface area contributed by atoms with Crippen molar-refractivity contribution in [2.45, 2.75) is 129 Å². The van der Waals surface area contributed by atoms with Crippen LogP contribution in [0.4, 0.5) is 8.78 Å². The van der Waals surface area contributed by atoms with Crippen molar-refractivity contribution in [3.05, 3.63) is 12.2 Å². The molecular formula is C28H48F2O. The maximum atomic E-state index is 12.2. The standard InChI is InChI=1S/C28H48F2O/c1-2-6-22-11-13-23(14-12-22)7-3-4-8-25-17-20-27(31-21-25)26-18-15-24(16-19-26)9-5-10-28(29)30/h10,22-27H,2-9,11-21H2,1H3. The second kappa shape index (κ2) is 14.0. The number of hydrogen-bond acceptors (Lipinski definition) is 1. The van der Waals surface area contributed by atoms with E-state index in [2.05, 4.69) is 6.92 Å². The third-order valence-electron chi connectivity index (χ3n) is 8.83. The zero-order valence-corrected chi connectivity index (χ0v) is 20.1. The average molecular weight is 439 g/mol. The normalized spacial score (nSPS) is 34.4. The molecule has 1 nitrogen and oxygen atoms in total. The monoisotopic (exact) mass is 438 g/mol. The van der Waals surface area contributed by atoms with E-state index < -0.39 is 6.08 Å². The highest BCUT2D eigenvalue weighted by atomic mass is 19.3. The predicted molar refractivity (Wildman–Crippen MR) is 126 cm³/mol. The Balaban J connectivity index is 1.20. The Hall–Kier alpha value is -0.440. The number of unbranched alkanes of at least 4 members (excludes halogenated alkanes) is 1. The van der Waals surface area contributed by atoms with Gasteiger partial charge < -0.3 is 4.74 Å². The van der Waals surface area contributed by atoms with Gasteiger partial charge in [-0.1, -0.05) is 77.6 Å². The molecule has 2 aliphatic carbocycles. The maximum absolute atomic E-state index is 12.2. The summed E-state index contributed by atoms with van der Waals surface area (Å²) in [7, 11) is 0. The molecule has 0 aromatic heterocycles. The molecule has 2 saturated carbocycles. The van der Waals surface area contributed by atoms with Crippen molar-refractivity contribution in [2.24, 2.45) is 29.6 Å². The van der Waals surface area contributed by atoms with Crippen molar-refractivity contribution < 1.29 is 13.5 Å². The third-order valence-corrected chi connectivity index (χ3v) is 8.83. The predicted octanol–water partition coefficient (Wildman–Crippen LogP) is 9.32. The van der Waals surface area contributed by atoms with Gasteiger partial charge in [0, 0.05) is 6.61 Å². The van der Waals surface area contributed by atoms with Gasteiger partial charge in [0.15, 0.2) is 0 Å². The largest absolute Gasteiger partial charge is 0.378 e. The molecule has 0 radical (unpaired) electrons. The minimum absolute atomic E-state index is 0.471. The number of halogens is 2. The molecular weight excluding hydrogens is 390 g/mol. The van der Waals surface area contributed by atoms with E-state index in [-0.39, 0.29) is 0 Å². The summed E-state index contributed by atoms with van der Waals surface area (Å²) in [5.41, 5.74) is 0. The quantitative estimate of drug-likeness (QED) is 0.292. The van der Waals surface area contributed by atoms with Crippen LogP contribution >= 0.6 is 0 Å². The molecule has 1 saturated heterocycles. The Morgan fingerprint density at radius 1 is 0.710 bits per heavy atom. The minimum atomic E-state index is -1.52. The Morgan fingerprint density at radius 2 is 1.26 bits per heavy atom. The van der Waals surface area contributed by atoms with Crippen LogP contribution in [0.15, 0.2) is 12.2 Å². The van der Waals surface area contributed by atoms with Crippen molar-refractivity contribution in [1.82, 2.24) is 0 Å². The molecule has 3 heteroatoms. The number of hydrogen-bond donors (Lipinski definition) is 0. The van der Waals surface area contributed by atoms with E-state index in [1.54, 1.807) is 0 Å². The highest BCUT2D eigenvalue weighted by Gasteiger charge is 2.31. The first-order valence-electron chi connectivity index (χ1n) is 13.8. The van der Waals surface area contributed by atoms with E-state index in [9.17, 15) is 8.78 Å². The summed E-state index contributed by atoms with van der Waals surface area (Å²) in [6, 6.07) is 0.